The third-order valence-corrected chi connectivity index (χ3v) is 4.04. The molecule has 0 aliphatic carbocycles. The number of para-hydroxylation sites is 1. The lowest BCUT2D eigenvalue weighted by molar-refractivity contribution is 0.0697. The Morgan fingerprint density at radius 3 is 2.46 bits per heavy atom. The third kappa shape index (κ3) is 2.34. The Morgan fingerprint density at radius 1 is 0.958 bits per heavy atom. The van der Waals surface area contributed by atoms with Crippen LogP contribution in [0.4, 0.5) is 0 Å². The highest BCUT2D eigenvalue weighted by Crippen LogP contribution is 2.31. The Morgan fingerprint density at radius 2 is 1.75 bits per heavy atom. The average molecular weight is 314 g/mol. The molecule has 0 amide bonds. The summed E-state index contributed by atoms with van der Waals surface area (Å²) >= 11 is 0. The van der Waals surface area contributed by atoms with Crippen LogP contribution in [0.5, 0.6) is 0 Å². The van der Waals surface area contributed by atoms with E-state index in [2.05, 4.69) is 27.8 Å². The van der Waals surface area contributed by atoms with Crippen molar-refractivity contribution in [1.29, 1.82) is 0 Å². The molecule has 0 saturated carbocycles. The SMILES string of the molecule is O=C(O)c1ccc(-c2cc3ccccc3n2-c2cccnc2)cc1. The molecular weight excluding hydrogens is 300 g/mol. The molecule has 0 aliphatic heterocycles. The smallest absolute Gasteiger partial charge is 0.335 e. The average Bonchev–Trinajstić information content (AvgIpc) is 3.02. The van der Waals surface area contributed by atoms with Crippen molar-refractivity contribution in [2.45, 2.75) is 0 Å². The molecule has 2 aromatic heterocycles. The number of carboxylic acids is 1. The van der Waals surface area contributed by atoms with E-state index in [0.29, 0.717) is 0 Å². The number of aromatic carboxylic acids is 1. The molecule has 0 spiro atoms. The molecule has 4 nitrogen and oxygen atoms in total. The molecule has 0 radical (unpaired) electrons. The molecule has 24 heavy (non-hydrogen) atoms. The van der Waals surface area contributed by atoms with E-state index in [4.69, 9.17) is 5.11 Å². The molecule has 4 rings (SSSR count). The van der Waals surface area contributed by atoms with E-state index >= 15 is 0 Å². The molecule has 0 unspecified atom stereocenters. The summed E-state index contributed by atoms with van der Waals surface area (Å²) in [5, 5.41) is 10.2. The normalized spacial score (nSPS) is 10.8. The van der Waals surface area contributed by atoms with Crippen LogP contribution in [0.1, 0.15) is 10.4 Å². The summed E-state index contributed by atoms with van der Waals surface area (Å²) in [6.45, 7) is 0. The molecule has 4 aromatic rings. The zero-order valence-corrected chi connectivity index (χ0v) is 12.8. The molecule has 0 bridgehead atoms. The number of pyridine rings is 1. The first-order valence-electron chi connectivity index (χ1n) is 7.59. The van der Waals surface area contributed by atoms with E-state index in [-0.39, 0.29) is 5.56 Å². The predicted octanol–water partition coefficient (Wildman–Crippen LogP) is 4.39. The number of hydrogen-bond acceptors (Lipinski definition) is 2. The van der Waals surface area contributed by atoms with Gasteiger partial charge in [-0.3, -0.25) is 4.98 Å². The monoisotopic (exact) mass is 314 g/mol. The zero-order valence-electron chi connectivity index (χ0n) is 12.8. The van der Waals surface area contributed by atoms with Gasteiger partial charge in [0.05, 0.1) is 28.7 Å². The van der Waals surface area contributed by atoms with Gasteiger partial charge in [-0.05, 0) is 42.0 Å². The van der Waals surface area contributed by atoms with Crippen LogP contribution in [-0.4, -0.2) is 20.6 Å². The summed E-state index contributed by atoms with van der Waals surface area (Å²) in [5.41, 5.74) is 4.29. The minimum absolute atomic E-state index is 0.280. The summed E-state index contributed by atoms with van der Waals surface area (Å²) in [6.07, 6.45) is 3.57. The van der Waals surface area contributed by atoms with Crippen molar-refractivity contribution in [3.8, 4) is 16.9 Å². The number of hydrogen-bond donors (Lipinski definition) is 1. The Hall–Kier alpha value is -3.40. The van der Waals surface area contributed by atoms with Gasteiger partial charge in [0.2, 0.25) is 0 Å². The van der Waals surface area contributed by atoms with Gasteiger partial charge in [-0.2, -0.15) is 0 Å². The lowest BCUT2D eigenvalue weighted by Gasteiger charge is -2.11. The number of rotatable bonds is 3. The Kier molecular flexibility index (Phi) is 3.35. The van der Waals surface area contributed by atoms with Crippen molar-refractivity contribution in [3.05, 3.63) is 84.7 Å². The second kappa shape index (κ2) is 5.66. The minimum atomic E-state index is -0.922. The van der Waals surface area contributed by atoms with Crippen molar-refractivity contribution >= 4 is 16.9 Å². The summed E-state index contributed by atoms with van der Waals surface area (Å²) in [7, 11) is 0. The van der Waals surface area contributed by atoms with Crippen LogP contribution in [0.25, 0.3) is 27.8 Å². The zero-order chi connectivity index (χ0) is 16.5. The Bertz CT molecular complexity index is 1020. The van der Waals surface area contributed by atoms with Gasteiger partial charge >= 0.3 is 5.97 Å². The topological polar surface area (TPSA) is 55.1 Å². The fraction of sp³-hybridized carbons (Fsp3) is 0. The maximum absolute atomic E-state index is 11.1. The number of fused-ring (bicyclic) bond motifs is 1. The standard InChI is InChI=1S/C20H14N2O2/c23-20(24)15-9-7-14(8-10-15)19-12-16-4-1-2-6-18(16)22(19)17-5-3-11-21-13-17/h1-13H,(H,23,24). The van der Waals surface area contributed by atoms with Crippen molar-refractivity contribution < 1.29 is 9.90 Å². The van der Waals surface area contributed by atoms with Crippen LogP contribution >= 0.6 is 0 Å². The van der Waals surface area contributed by atoms with Gasteiger partial charge in [-0.1, -0.05) is 30.3 Å². The molecule has 4 heteroatoms. The number of benzene rings is 2. The van der Waals surface area contributed by atoms with Crippen molar-refractivity contribution in [2.24, 2.45) is 0 Å². The maximum atomic E-state index is 11.1. The molecule has 2 aromatic carbocycles. The molecule has 0 fully saturated rings. The van der Waals surface area contributed by atoms with Gasteiger partial charge in [-0.25, -0.2) is 4.79 Å². The van der Waals surface area contributed by atoms with Crippen LogP contribution in [-0.2, 0) is 0 Å². The van der Waals surface area contributed by atoms with Crippen LogP contribution in [0.3, 0.4) is 0 Å². The van der Waals surface area contributed by atoms with Crippen LogP contribution in [0.15, 0.2) is 79.1 Å². The van der Waals surface area contributed by atoms with Gasteiger partial charge in [0.1, 0.15) is 0 Å². The first-order valence-corrected chi connectivity index (χ1v) is 7.59. The lowest BCUT2D eigenvalue weighted by atomic mass is 10.1. The first-order chi connectivity index (χ1) is 11.7. The van der Waals surface area contributed by atoms with Gasteiger partial charge in [-0.15, -0.1) is 0 Å². The fourth-order valence-electron chi connectivity index (χ4n) is 2.92. The van der Waals surface area contributed by atoms with Crippen LogP contribution in [0.2, 0.25) is 0 Å². The number of carbonyl (C=O) groups is 1. The summed E-state index contributed by atoms with van der Waals surface area (Å²) in [6, 6.07) is 21.1. The maximum Gasteiger partial charge on any atom is 0.335 e. The molecule has 2 heterocycles. The van der Waals surface area contributed by atoms with E-state index in [0.717, 1.165) is 27.8 Å². The van der Waals surface area contributed by atoms with Crippen molar-refractivity contribution in [2.75, 3.05) is 0 Å². The highest BCUT2D eigenvalue weighted by molar-refractivity contribution is 5.91. The quantitative estimate of drug-likeness (QED) is 0.610. The molecule has 1 N–H and O–H groups in total. The number of nitrogens with zero attached hydrogens (tertiary/aromatic N) is 2. The van der Waals surface area contributed by atoms with Crippen molar-refractivity contribution in [1.82, 2.24) is 9.55 Å². The number of carboxylic acid groups (broad SMARTS) is 1. The summed E-state index contributed by atoms with van der Waals surface area (Å²) in [4.78, 5) is 15.3. The van der Waals surface area contributed by atoms with Gasteiger partial charge in [0.15, 0.2) is 0 Å². The second-order valence-corrected chi connectivity index (χ2v) is 5.52. The highest BCUT2D eigenvalue weighted by Gasteiger charge is 2.13. The first kappa shape index (κ1) is 14.2. The largest absolute Gasteiger partial charge is 0.478 e. The Balaban J connectivity index is 1.96. The number of aromatic nitrogens is 2. The Labute approximate surface area is 138 Å². The van der Waals surface area contributed by atoms with Crippen LogP contribution < -0.4 is 0 Å². The predicted molar refractivity (Wildman–Crippen MR) is 93.5 cm³/mol. The fourth-order valence-corrected chi connectivity index (χ4v) is 2.92. The summed E-state index contributed by atoms with van der Waals surface area (Å²) in [5.74, 6) is -0.922. The van der Waals surface area contributed by atoms with Crippen molar-refractivity contribution in [3.63, 3.8) is 0 Å². The van der Waals surface area contributed by atoms with E-state index in [1.165, 1.54) is 0 Å². The van der Waals surface area contributed by atoms with Gasteiger partial charge in [0.25, 0.3) is 0 Å². The third-order valence-electron chi connectivity index (χ3n) is 4.04. The minimum Gasteiger partial charge on any atom is -0.478 e. The highest BCUT2D eigenvalue weighted by atomic mass is 16.4. The molecule has 116 valence electrons. The second-order valence-electron chi connectivity index (χ2n) is 5.52. The molecular formula is C20H14N2O2. The van der Waals surface area contributed by atoms with Gasteiger partial charge < -0.3 is 9.67 Å². The van der Waals surface area contributed by atoms with Gasteiger partial charge in [0, 0.05) is 11.6 Å². The summed E-state index contributed by atoms with van der Waals surface area (Å²) < 4.78 is 2.14. The van der Waals surface area contributed by atoms with E-state index in [1.54, 1.807) is 18.3 Å². The van der Waals surface area contributed by atoms with Crippen LogP contribution in [0, 0.1) is 0 Å². The van der Waals surface area contributed by atoms with E-state index in [9.17, 15) is 4.79 Å². The molecule has 0 aliphatic rings. The lowest BCUT2D eigenvalue weighted by Crippen LogP contribution is -1.98. The van der Waals surface area contributed by atoms with E-state index in [1.807, 2.05) is 42.6 Å². The van der Waals surface area contributed by atoms with E-state index < -0.39 is 5.97 Å². The molecule has 0 saturated heterocycles. The molecule has 0 atom stereocenters.